The number of aryl methyl sites for hydroxylation is 2. The van der Waals surface area contributed by atoms with Crippen LogP contribution in [-0.4, -0.2) is 34.0 Å². The summed E-state index contributed by atoms with van der Waals surface area (Å²) in [5.74, 6) is -0.0479. The van der Waals surface area contributed by atoms with Gasteiger partial charge in [-0.05, 0) is 32.4 Å². The van der Waals surface area contributed by atoms with Gasteiger partial charge < -0.3 is 10.6 Å². The summed E-state index contributed by atoms with van der Waals surface area (Å²) in [7, 11) is 0. The number of amides is 1. The summed E-state index contributed by atoms with van der Waals surface area (Å²) in [5, 5.41) is 13.8. The van der Waals surface area contributed by atoms with E-state index in [-0.39, 0.29) is 5.91 Å². The number of anilines is 1. The molecule has 0 atom stereocenters. The van der Waals surface area contributed by atoms with Crippen molar-refractivity contribution in [2.75, 3.05) is 18.4 Å². The molecule has 2 rings (SSSR count). The van der Waals surface area contributed by atoms with E-state index in [1.807, 2.05) is 38.2 Å². The van der Waals surface area contributed by atoms with Crippen LogP contribution in [0.25, 0.3) is 0 Å². The highest BCUT2D eigenvalue weighted by atomic mass is 16.1. The van der Waals surface area contributed by atoms with Crippen LogP contribution in [0.3, 0.4) is 0 Å². The van der Waals surface area contributed by atoms with Gasteiger partial charge in [0.05, 0.1) is 11.8 Å². The molecule has 6 nitrogen and oxygen atoms in total. The predicted octanol–water partition coefficient (Wildman–Crippen LogP) is 1.84. The number of hydrogen-bond acceptors (Lipinski definition) is 4. The molecule has 0 unspecified atom stereocenters. The Labute approximate surface area is 124 Å². The van der Waals surface area contributed by atoms with Crippen molar-refractivity contribution < 1.29 is 4.79 Å². The Hall–Kier alpha value is -2.37. The van der Waals surface area contributed by atoms with Crippen LogP contribution in [0, 0.1) is 6.92 Å². The molecule has 2 N–H and O–H groups in total. The predicted molar refractivity (Wildman–Crippen MR) is 82.3 cm³/mol. The molecule has 0 radical (unpaired) electrons. The Kier molecular flexibility index (Phi) is 5.31. The second-order valence-corrected chi connectivity index (χ2v) is 4.85. The largest absolute Gasteiger partial charge is 0.385 e. The van der Waals surface area contributed by atoms with Crippen LogP contribution in [0.4, 0.5) is 5.69 Å². The van der Waals surface area contributed by atoms with Crippen LogP contribution in [0.1, 0.15) is 29.3 Å². The van der Waals surface area contributed by atoms with Gasteiger partial charge in [0, 0.05) is 31.5 Å². The van der Waals surface area contributed by atoms with Gasteiger partial charge in [0.1, 0.15) is 0 Å². The zero-order valence-corrected chi connectivity index (χ0v) is 12.5. The highest BCUT2D eigenvalue weighted by Crippen LogP contribution is 2.17. The minimum Gasteiger partial charge on any atom is -0.385 e. The van der Waals surface area contributed by atoms with E-state index in [1.54, 1.807) is 10.9 Å². The molecule has 0 aliphatic rings. The Bertz CT molecular complexity index is 580. The maximum absolute atomic E-state index is 12.3. The van der Waals surface area contributed by atoms with E-state index < -0.39 is 0 Å². The quantitative estimate of drug-likeness (QED) is 0.762. The molecule has 0 saturated carbocycles. The summed E-state index contributed by atoms with van der Waals surface area (Å²) >= 11 is 0. The molecule has 0 bridgehead atoms. The van der Waals surface area contributed by atoms with Gasteiger partial charge in [-0.2, -0.15) is 0 Å². The number of rotatable bonds is 7. The van der Waals surface area contributed by atoms with Gasteiger partial charge in [-0.1, -0.05) is 16.8 Å². The van der Waals surface area contributed by atoms with E-state index in [1.165, 1.54) is 0 Å². The monoisotopic (exact) mass is 287 g/mol. The molecule has 0 spiro atoms. The van der Waals surface area contributed by atoms with Gasteiger partial charge in [0.15, 0.2) is 0 Å². The zero-order chi connectivity index (χ0) is 15.1. The zero-order valence-electron chi connectivity index (χ0n) is 12.5. The third kappa shape index (κ3) is 4.30. The molecule has 0 fully saturated rings. The normalized spacial score (nSPS) is 10.4. The lowest BCUT2D eigenvalue weighted by atomic mass is 10.1. The fourth-order valence-corrected chi connectivity index (χ4v) is 2.08. The Balaban J connectivity index is 1.88. The lowest BCUT2D eigenvalue weighted by Gasteiger charge is -2.12. The molecule has 0 aliphatic carbocycles. The number of nitrogens with zero attached hydrogens (tertiary/aromatic N) is 3. The van der Waals surface area contributed by atoms with Crippen molar-refractivity contribution in [3.8, 4) is 0 Å². The van der Waals surface area contributed by atoms with Crippen molar-refractivity contribution in [3.63, 3.8) is 0 Å². The van der Waals surface area contributed by atoms with Gasteiger partial charge in [-0.25, -0.2) is 0 Å². The van der Waals surface area contributed by atoms with E-state index in [0.29, 0.717) is 12.1 Å². The van der Waals surface area contributed by atoms with Crippen molar-refractivity contribution >= 4 is 11.6 Å². The van der Waals surface area contributed by atoms with Crippen molar-refractivity contribution in [1.82, 2.24) is 20.3 Å². The molecule has 6 heteroatoms. The SMILES string of the molecule is CCNc1ccc(C)cc1C(=O)NCCCn1ccnn1. The molecule has 2 aromatic rings. The Morgan fingerprint density at radius 2 is 2.24 bits per heavy atom. The summed E-state index contributed by atoms with van der Waals surface area (Å²) in [5.41, 5.74) is 2.64. The summed E-state index contributed by atoms with van der Waals surface area (Å²) < 4.78 is 1.75. The van der Waals surface area contributed by atoms with Crippen LogP contribution < -0.4 is 10.6 Å². The second kappa shape index (κ2) is 7.42. The highest BCUT2D eigenvalue weighted by molar-refractivity contribution is 5.99. The fraction of sp³-hybridized carbons (Fsp3) is 0.400. The Morgan fingerprint density at radius 3 is 2.95 bits per heavy atom. The first-order chi connectivity index (χ1) is 10.2. The first-order valence-corrected chi connectivity index (χ1v) is 7.17. The maximum atomic E-state index is 12.3. The topological polar surface area (TPSA) is 71.8 Å². The standard InChI is InChI=1S/C15H21N5O/c1-3-16-14-6-5-12(2)11-13(14)15(21)17-7-4-9-20-10-8-18-19-20/h5-6,8,10-11,16H,3-4,7,9H2,1-2H3,(H,17,21). The van der Waals surface area contributed by atoms with E-state index in [2.05, 4.69) is 20.9 Å². The van der Waals surface area contributed by atoms with Crippen LogP contribution in [0.5, 0.6) is 0 Å². The lowest BCUT2D eigenvalue weighted by Crippen LogP contribution is -2.26. The molecule has 0 saturated heterocycles. The molecule has 21 heavy (non-hydrogen) atoms. The van der Waals surface area contributed by atoms with Gasteiger partial charge in [-0.3, -0.25) is 9.48 Å². The van der Waals surface area contributed by atoms with Crippen molar-refractivity contribution in [2.24, 2.45) is 0 Å². The Morgan fingerprint density at radius 1 is 1.38 bits per heavy atom. The van der Waals surface area contributed by atoms with Crippen LogP contribution in [0.2, 0.25) is 0 Å². The molecule has 0 aliphatic heterocycles. The number of nitrogens with one attached hydrogen (secondary N) is 2. The number of benzene rings is 1. The van der Waals surface area contributed by atoms with Crippen molar-refractivity contribution in [1.29, 1.82) is 0 Å². The molecular formula is C15H21N5O. The summed E-state index contributed by atoms with van der Waals surface area (Å²) in [6, 6.07) is 5.85. The fourth-order valence-electron chi connectivity index (χ4n) is 2.08. The molecular weight excluding hydrogens is 266 g/mol. The van der Waals surface area contributed by atoms with Crippen LogP contribution in [0.15, 0.2) is 30.6 Å². The smallest absolute Gasteiger partial charge is 0.253 e. The third-order valence-corrected chi connectivity index (χ3v) is 3.11. The summed E-state index contributed by atoms with van der Waals surface area (Å²) in [4.78, 5) is 12.3. The number of carbonyl (C=O) groups excluding carboxylic acids is 1. The molecule has 1 aromatic heterocycles. The van der Waals surface area contributed by atoms with Gasteiger partial charge >= 0.3 is 0 Å². The average Bonchev–Trinajstić information content (AvgIpc) is 2.99. The number of carbonyl (C=O) groups is 1. The van der Waals surface area contributed by atoms with Gasteiger partial charge in [0.25, 0.3) is 5.91 Å². The van der Waals surface area contributed by atoms with E-state index in [0.717, 1.165) is 30.8 Å². The molecule has 1 amide bonds. The van der Waals surface area contributed by atoms with E-state index >= 15 is 0 Å². The van der Waals surface area contributed by atoms with Crippen molar-refractivity contribution in [2.45, 2.75) is 26.8 Å². The minimum absolute atomic E-state index is 0.0479. The third-order valence-electron chi connectivity index (χ3n) is 3.11. The molecule has 112 valence electrons. The number of hydrogen-bond donors (Lipinski definition) is 2. The van der Waals surface area contributed by atoms with Gasteiger partial charge in [0.2, 0.25) is 0 Å². The van der Waals surface area contributed by atoms with Crippen LogP contribution in [-0.2, 0) is 6.54 Å². The average molecular weight is 287 g/mol. The first-order valence-electron chi connectivity index (χ1n) is 7.17. The minimum atomic E-state index is -0.0479. The van der Waals surface area contributed by atoms with E-state index in [9.17, 15) is 4.79 Å². The highest BCUT2D eigenvalue weighted by Gasteiger charge is 2.10. The first kappa shape index (κ1) is 15.0. The van der Waals surface area contributed by atoms with Crippen molar-refractivity contribution in [3.05, 3.63) is 41.7 Å². The summed E-state index contributed by atoms with van der Waals surface area (Å²) in [6.45, 7) is 6.14. The lowest BCUT2D eigenvalue weighted by molar-refractivity contribution is 0.0953. The molecule has 1 heterocycles. The maximum Gasteiger partial charge on any atom is 0.253 e. The van der Waals surface area contributed by atoms with Gasteiger partial charge in [-0.15, -0.1) is 5.10 Å². The summed E-state index contributed by atoms with van der Waals surface area (Å²) in [6.07, 6.45) is 4.27. The second-order valence-electron chi connectivity index (χ2n) is 4.85. The molecule has 1 aromatic carbocycles. The van der Waals surface area contributed by atoms with E-state index in [4.69, 9.17) is 0 Å². The van der Waals surface area contributed by atoms with Crippen LogP contribution >= 0.6 is 0 Å². The number of aromatic nitrogens is 3.